The molecule has 0 saturated carbocycles. The molecule has 6 nitrogen and oxygen atoms in total. The van der Waals surface area contributed by atoms with E-state index in [0.29, 0.717) is 30.8 Å². The molecule has 1 unspecified atom stereocenters. The third-order valence-corrected chi connectivity index (χ3v) is 5.14. The average molecular weight is 408 g/mol. The molecule has 2 aromatic rings. The standard InChI is InChI=1S/C24H28N2O4/c1-4-17-9-11-18(12-10-17)22(27)20-21(19-8-5-6-13-25-19)26(24(29)23(20)28)14-7-15-30-16(2)3/h5-6,8-13,16,21,27H,4,7,14-15H2,1-3H3/b22-20-. The molecular formula is C24H28N2O4. The summed E-state index contributed by atoms with van der Waals surface area (Å²) < 4.78 is 5.57. The van der Waals surface area contributed by atoms with Gasteiger partial charge in [0.25, 0.3) is 11.7 Å². The number of likely N-dealkylation sites (tertiary alicyclic amines) is 1. The second kappa shape index (κ2) is 9.67. The van der Waals surface area contributed by atoms with Crippen LogP contribution in [0.5, 0.6) is 0 Å². The Kier molecular flexibility index (Phi) is 7.00. The van der Waals surface area contributed by atoms with E-state index < -0.39 is 17.7 Å². The Morgan fingerprint density at radius 3 is 2.50 bits per heavy atom. The molecule has 0 bridgehead atoms. The largest absolute Gasteiger partial charge is 0.507 e. The molecule has 2 heterocycles. The molecule has 3 rings (SSSR count). The van der Waals surface area contributed by atoms with E-state index in [1.807, 2.05) is 32.9 Å². The molecule has 1 N–H and O–H groups in total. The summed E-state index contributed by atoms with van der Waals surface area (Å²) in [5, 5.41) is 11.0. The van der Waals surface area contributed by atoms with Gasteiger partial charge in [-0.05, 0) is 44.4 Å². The summed E-state index contributed by atoms with van der Waals surface area (Å²) in [7, 11) is 0. The van der Waals surface area contributed by atoms with Crippen LogP contribution in [-0.4, -0.2) is 45.9 Å². The van der Waals surface area contributed by atoms with E-state index in [9.17, 15) is 14.7 Å². The number of benzene rings is 1. The number of carbonyl (C=O) groups is 2. The van der Waals surface area contributed by atoms with Crippen LogP contribution in [0.3, 0.4) is 0 Å². The fourth-order valence-corrected chi connectivity index (χ4v) is 3.56. The number of aryl methyl sites for hydroxylation is 1. The Bertz CT molecular complexity index is 920. The second-order valence-electron chi connectivity index (χ2n) is 7.57. The SMILES string of the molecule is CCc1ccc(/C(O)=C2/C(=O)C(=O)N(CCCOC(C)C)C2c2ccccn2)cc1. The highest BCUT2D eigenvalue weighted by atomic mass is 16.5. The highest BCUT2D eigenvalue weighted by Crippen LogP contribution is 2.38. The molecule has 158 valence electrons. The molecule has 30 heavy (non-hydrogen) atoms. The lowest BCUT2D eigenvalue weighted by Crippen LogP contribution is -2.31. The van der Waals surface area contributed by atoms with Crippen LogP contribution in [0, 0.1) is 0 Å². The lowest BCUT2D eigenvalue weighted by Gasteiger charge is -2.24. The lowest BCUT2D eigenvalue weighted by molar-refractivity contribution is -0.140. The van der Waals surface area contributed by atoms with Gasteiger partial charge in [-0.25, -0.2) is 0 Å². The Hall–Kier alpha value is -2.99. The van der Waals surface area contributed by atoms with Crippen LogP contribution in [0.15, 0.2) is 54.2 Å². The Labute approximate surface area is 177 Å². The minimum atomic E-state index is -0.726. The molecule has 1 aromatic heterocycles. The fraction of sp³-hybridized carbons (Fsp3) is 0.375. The van der Waals surface area contributed by atoms with Gasteiger partial charge in [0, 0.05) is 24.9 Å². The van der Waals surface area contributed by atoms with Crippen molar-refractivity contribution >= 4 is 17.4 Å². The van der Waals surface area contributed by atoms with Gasteiger partial charge in [0.1, 0.15) is 11.8 Å². The number of hydrogen-bond acceptors (Lipinski definition) is 5. The molecular weight excluding hydrogens is 380 g/mol. The van der Waals surface area contributed by atoms with Crippen LogP contribution in [0.25, 0.3) is 5.76 Å². The number of aliphatic hydroxyl groups is 1. The van der Waals surface area contributed by atoms with Gasteiger partial charge in [-0.2, -0.15) is 0 Å². The molecule has 1 atom stereocenters. The highest BCUT2D eigenvalue weighted by Gasteiger charge is 2.46. The number of amides is 1. The van der Waals surface area contributed by atoms with E-state index in [4.69, 9.17) is 4.74 Å². The molecule has 0 radical (unpaired) electrons. The van der Waals surface area contributed by atoms with Gasteiger partial charge >= 0.3 is 0 Å². The van der Waals surface area contributed by atoms with Crippen molar-refractivity contribution in [1.29, 1.82) is 0 Å². The van der Waals surface area contributed by atoms with Crippen molar-refractivity contribution in [3.63, 3.8) is 0 Å². The number of nitrogens with zero attached hydrogens (tertiary/aromatic N) is 2. The fourth-order valence-electron chi connectivity index (χ4n) is 3.56. The Morgan fingerprint density at radius 2 is 1.90 bits per heavy atom. The van der Waals surface area contributed by atoms with Crippen molar-refractivity contribution in [2.24, 2.45) is 0 Å². The number of rotatable bonds is 8. The Morgan fingerprint density at radius 1 is 1.17 bits per heavy atom. The summed E-state index contributed by atoms with van der Waals surface area (Å²) in [4.78, 5) is 31.6. The monoisotopic (exact) mass is 408 g/mol. The van der Waals surface area contributed by atoms with Crippen molar-refractivity contribution in [3.8, 4) is 0 Å². The normalized spacial score (nSPS) is 18.4. The van der Waals surface area contributed by atoms with Gasteiger partial charge in [0.15, 0.2) is 0 Å². The van der Waals surface area contributed by atoms with Crippen molar-refractivity contribution < 1.29 is 19.4 Å². The number of aromatic nitrogens is 1. The third kappa shape index (κ3) is 4.60. The van der Waals surface area contributed by atoms with E-state index in [-0.39, 0.29) is 17.4 Å². The molecule has 0 aliphatic carbocycles. The summed E-state index contributed by atoms with van der Waals surface area (Å²) in [6, 6.07) is 12.0. The predicted molar refractivity (Wildman–Crippen MR) is 115 cm³/mol. The summed E-state index contributed by atoms with van der Waals surface area (Å²) in [6.45, 7) is 6.76. The lowest BCUT2D eigenvalue weighted by atomic mass is 9.97. The number of Topliss-reactive ketones (excluding diaryl/α,β-unsaturated/α-hetero) is 1. The quantitative estimate of drug-likeness (QED) is 0.310. The summed E-state index contributed by atoms with van der Waals surface area (Å²) in [5.74, 6) is -1.48. The molecule has 1 aliphatic heterocycles. The topological polar surface area (TPSA) is 79.7 Å². The minimum Gasteiger partial charge on any atom is -0.507 e. The first kappa shape index (κ1) is 21.7. The summed E-state index contributed by atoms with van der Waals surface area (Å²) >= 11 is 0. The van der Waals surface area contributed by atoms with Crippen LogP contribution in [0.1, 0.15) is 50.1 Å². The molecule has 1 aliphatic rings. The maximum Gasteiger partial charge on any atom is 0.295 e. The maximum atomic E-state index is 12.9. The van der Waals surface area contributed by atoms with Gasteiger partial charge in [-0.3, -0.25) is 14.6 Å². The number of pyridine rings is 1. The molecule has 0 spiro atoms. The predicted octanol–water partition coefficient (Wildman–Crippen LogP) is 3.88. The van der Waals surface area contributed by atoms with Crippen molar-refractivity contribution in [3.05, 3.63) is 71.1 Å². The molecule has 1 amide bonds. The van der Waals surface area contributed by atoms with Crippen LogP contribution in [0.4, 0.5) is 0 Å². The first-order valence-corrected chi connectivity index (χ1v) is 10.3. The average Bonchev–Trinajstić information content (AvgIpc) is 3.01. The molecule has 6 heteroatoms. The van der Waals surface area contributed by atoms with Crippen LogP contribution in [0.2, 0.25) is 0 Å². The number of ketones is 1. The zero-order chi connectivity index (χ0) is 21.7. The summed E-state index contributed by atoms with van der Waals surface area (Å²) in [6.07, 6.45) is 3.17. The van der Waals surface area contributed by atoms with Gasteiger partial charge in [-0.1, -0.05) is 37.3 Å². The number of ether oxygens (including phenoxy) is 1. The highest BCUT2D eigenvalue weighted by molar-refractivity contribution is 6.46. The van der Waals surface area contributed by atoms with E-state index in [1.54, 1.807) is 36.5 Å². The first-order valence-electron chi connectivity index (χ1n) is 10.3. The van der Waals surface area contributed by atoms with Gasteiger partial charge in [0.2, 0.25) is 0 Å². The molecule has 1 saturated heterocycles. The number of carbonyl (C=O) groups excluding carboxylic acids is 2. The van der Waals surface area contributed by atoms with E-state index in [0.717, 1.165) is 12.0 Å². The van der Waals surface area contributed by atoms with Crippen molar-refractivity contribution in [2.75, 3.05) is 13.2 Å². The van der Waals surface area contributed by atoms with Gasteiger partial charge in [-0.15, -0.1) is 0 Å². The van der Waals surface area contributed by atoms with E-state index in [2.05, 4.69) is 4.98 Å². The zero-order valence-electron chi connectivity index (χ0n) is 17.7. The number of hydrogen-bond donors (Lipinski definition) is 1. The maximum absolute atomic E-state index is 12.9. The zero-order valence-corrected chi connectivity index (χ0v) is 17.7. The third-order valence-electron chi connectivity index (χ3n) is 5.14. The number of aliphatic hydroxyl groups excluding tert-OH is 1. The Balaban J connectivity index is 1.99. The molecule has 1 fully saturated rings. The minimum absolute atomic E-state index is 0.0766. The van der Waals surface area contributed by atoms with Crippen LogP contribution >= 0.6 is 0 Å². The van der Waals surface area contributed by atoms with Crippen LogP contribution < -0.4 is 0 Å². The van der Waals surface area contributed by atoms with Gasteiger partial charge < -0.3 is 14.7 Å². The van der Waals surface area contributed by atoms with Crippen molar-refractivity contribution in [2.45, 2.75) is 45.8 Å². The van der Waals surface area contributed by atoms with Crippen molar-refractivity contribution in [1.82, 2.24) is 9.88 Å². The smallest absolute Gasteiger partial charge is 0.295 e. The van der Waals surface area contributed by atoms with E-state index in [1.165, 1.54) is 4.90 Å². The molecule has 1 aromatic carbocycles. The van der Waals surface area contributed by atoms with E-state index >= 15 is 0 Å². The van der Waals surface area contributed by atoms with Gasteiger partial charge in [0.05, 0.1) is 17.4 Å². The second-order valence-corrected chi connectivity index (χ2v) is 7.57. The summed E-state index contributed by atoms with van der Waals surface area (Å²) in [5.41, 5.74) is 2.26. The van der Waals surface area contributed by atoms with Crippen LogP contribution in [-0.2, 0) is 20.7 Å². The first-order chi connectivity index (χ1) is 14.4.